The van der Waals surface area contributed by atoms with Crippen molar-refractivity contribution in [1.82, 2.24) is 15.4 Å². The van der Waals surface area contributed by atoms with Crippen molar-refractivity contribution in [2.24, 2.45) is 0 Å². The van der Waals surface area contributed by atoms with Crippen molar-refractivity contribution in [2.45, 2.75) is 6.42 Å². The topological polar surface area (TPSA) is 110 Å². The van der Waals surface area contributed by atoms with Gasteiger partial charge < -0.3 is 14.6 Å². The summed E-state index contributed by atoms with van der Waals surface area (Å²) in [5.74, 6) is -0.791. The summed E-state index contributed by atoms with van der Waals surface area (Å²) in [6, 6.07) is 12.5. The number of ether oxygens (including phenoxy) is 1. The second-order valence-corrected chi connectivity index (χ2v) is 5.67. The molecule has 0 saturated carbocycles. The summed E-state index contributed by atoms with van der Waals surface area (Å²) in [6.07, 6.45) is 0.0737. The van der Waals surface area contributed by atoms with Crippen LogP contribution in [-0.2, 0) is 16.0 Å². The molecule has 0 radical (unpaired) electrons. The molecule has 4 aromatic rings. The van der Waals surface area contributed by atoms with Gasteiger partial charge in [0.05, 0.1) is 19.0 Å². The fraction of sp³-hybridized carbons (Fsp3) is 0.111. The Kier molecular flexibility index (Phi) is 3.85. The zero-order chi connectivity index (χ0) is 18.1. The molecule has 0 fully saturated rings. The molecule has 26 heavy (non-hydrogen) atoms. The minimum Gasteiger partial charge on any atom is -0.464 e. The number of aromatic nitrogens is 3. The highest BCUT2D eigenvalue weighted by Crippen LogP contribution is 2.22. The molecule has 2 N–H and O–H groups in total. The molecule has 0 aliphatic carbocycles. The number of hydrogen-bond acceptors (Lipinski definition) is 6. The van der Waals surface area contributed by atoms with Crippen molar-refractivity contribution >= 4 is 39.4 Å². The highest BCUT2D eigenvalue weighted by Gasteiger charge is 2.16. The van der Waals surface area contributed by atoms with Gasteiger partial charge in [0.1, 0.15) is 5.69 Å². The average molecular weight is 350 g/mol. The van der Waals surface area contributed by atoms with Crippen molar-refractivity contribution < 1.29 is 18.8 Å². The SMILES string of the molecule is COC(=O)c1n[nH]c2ccc(NC(=O)Cc3noc4ccccc34)cc12. The Morgan fingerprint density at radius 1 is 1.19 bits per heavy atom. The van der Waals surface area contributed by atoms with Gasteiger partial charge in [0.25, 0.3) is 0 Å². The fourth-order valence-electron chi connectivity index (χ4n) is 2.77. The Labute approximate surface area is 147 Å². The zero-order valence-electron chi connectivity index (χ0n) is 13.8. The largest absolute Gasteiger partial charge is 0.464 e. The van der Waals surface area contributed by atoms with Crippen LogP contribution < -0.4 is 5.32 Å². The molecule has 0 unspecified atom stereocenters. The number of anilines is 1. The molecule has 8 nitrogen and oxygen atoms in total. The van der Waals surface area contributed by atoms with Crippen LogP contribution in [0.15, 0.2) is 47.0 Å². The molecule has 0 spiro atoms. The summed E-state index contributed by atoms with van der Waals surface area (Å²) in [7, 11) is 1.29. The van der Waals surface area contributed by atoms with Crippen molar-refractivity contribution in [3.05, 3.63) is 53.9 Å². The molecule has 0 saturated heterocycles. The van der Waals surface area contributed by atoms with E-state index in [1.807, 2.05) is 18.2 Å². The van der Waals surface area contributed by atoms with E-state index in [4.69, 9.17) is 9.26 Å². The standard InChI is InChI=1S/C18H14N4O4/c1-25-18(24)17-12-8-10(6-7-13(12)20-21-17)19-16(23)9-14-11-4-2-3-5-15(11)26-22-14/h2-8H,9H2,1H3,(H,19,23)(H,20,21). The normalized spacial score (nSPS) is 11.0. The number of rotatable bonds is 4. The van der Waals surface area contributed by atoms with Crippen molar-refractivity contribution in [1.29, 1.82) is 0 Å². The molecule has 2 aromatic carbocycles. The number of H-pyrrole nitrogens is 1. The summed E-state index contributed by atoms with van der Waals surface area (Å²) < 4.78 is 9.92. The van der Waals surface area contributed by atoms with Crippen molar-refractivity contribution in [2.75, 3.05) is 12.4 Å². The number of carbonyl (C=O) groups excluding carboxylic acids is 2. The Balaban J connectivity index is 1.56. The van der Waals surface area contributed by atoms with E-state index in [9.17, 15) is 9.59 Å². The molecule has 0 aliphatic heterocycles. The van der Waals surface area contributed by atoms with Gasteiger partial charge in [0.2, 0.25) is 5.91 Å². The van der Waals surface area contributed by atoms with E-state index in [0.29, 0.717) is 27.9 Å². The van der Waals surface area contributed by atoms with Crippen LogP contribution in [0.1, 0.15) is 16.2 Å². The molecule has 0 aliphatic rings. The number of nitrogens with one attached hydrogen (secondary N) is 2. The fourth-order valence-corrected chi connectivity index (χ4v) is 2.77. The highest BCUT2D eigenvalue weighted by molar-refractivity contribution is 6.04. The summed E-state index contributed by atoms with van der Waals surface area (Å²) in [5, 5.41) is 14.8. The lowest BCUT2D eigenvalue weighted by molar-refractivity contribution is -0.115. The maximum atomic E-state index is 12.4. The van der Waals surface area contributed by atoms with E-state index >= 15 is 0 Å². The maximum absolute atomic E-state index is 12.4. The van der Waals surface area contributed by atoms with Crippen LogP contribution in [0.3, 0.4) is 0 Å². The van der Waals surface area contributed by atoms with Gasteiger partial charge in [0, 0.05) is 16.5 Å². The number of carbonyl (C=O) groups is 2. The Bertz CT molecular complexity index is 1130. The van der Waals surface area contributed by atoms with Crippen LogP contribution in [0, 0.1) is 0 Å². The quantitative estimate of drug-likeness (QED) is 0.548. The van der Waals surface area contributed by atoms with Gasteiger partial charge in [-0.25, -0.2) is 4.79 Å². The molecular weight excluding hydrogens is 336 g/mol. The summed E-state index contributed by atoms with van der Waals surface area (Å²) in [6.45, 7) is 0. The van der Waals surface area contributed by atoms with Crippen LogP contribution in [-0.4, -0.2) is 34.3 Å². The predicted octanol–water partition coefficient (Wildman–Crippen LogP) is 2.67. The molecule has 2 heterocycles. The van der Waals surface area contributed by atoms with Crippen molar-refractivity contribution in [3.8, 4) is 0 Å². The Morgan fingerprint density at radius 2 is 2.04 bits per heavy atom. The van der Waals surface area contributed by atoms with Gasteiger partial charge in [-0.2, -0.15) is 5.10 Å². The minimum atomic E-state index is -0.547. The minimum absolute atomic E-state index is 0.0737. The number of hydrogen-bond donors (Lipinski definition) is 2. The van der Waals surface area contributed by atoms with Crippen molar-refractivity contribution in [3.63, 3.8) is 0 Å². The van der Waals surface area contributed by atoms with Gasteiger partial charge in [-0.15, -0.1) is 0 Å². The number of esters is 1. The van der Waals surface area contributed by atoms with Crippen LogP contribution in [0.4, 0.5) is 5.69 Å². The van der Waals surface area contributed by atoms with Crippen LogP contribution in [0.25, 0.3) is 21.9 Å². The Morgan fingerprint density at radius 3 is 2.88 bits per heavy atom. The third kappa shape index (κ3) is 2.77. The van der Waals surface area contributed by atoms with E-state index in [1.165, 1.54) is 7.11 Å². The number of para-hydroxylation sites is 1. The molecule has 0 atom stereocenters. The summed E-state index contributed by atoms with van der Waals surface area (Å²) in [5.41, 5.74) is 2.59. The third-order valence-electron chi connectivity index (χ3n) is 4.01. The average Bonchev–Trinajstić information content (AvgIpc) is 3.25. The number of methoxy groups -OCH3 is 1. The first kappa shape index (κ1) is 15.8. The predicted molar refractivity (Wildman–Crippen MR) is 93.8 cm³/mol. The van der Waals surface area contributed by atoms with E-state index in [2.05, 4.69) is 20.7 Å². The second kappa shape index (κ2) is 6.32. The van der Waals surface area contributed by atoms with Crippen LogP contribution >= 0.6 is 0 Å². The van der Waals surface area contributed by atoms with Gasteiger partial charge in [-0.3, -0.25) is 9.89 Å². The first-order chi connectivity index (χ1) is 12.7. The van der Waals surface area contributed by atoms with Gasteiger partial charge in [-0.05, 0) is 30.3 Å². The number of fused-ring (bicyclic) bond motifs is 2. The molecule has 130 valence electrons. The van der Waals surface area contributed by atoms with E-state index < -0.39 is 5.97 Å². The molecule has 4 rings (SSSR count). The molecule has 1 amide bonds. The Hall–Kier alpha value is -3.68. The van der Waals surface area contributed by atoms with Gasteiger partial charge in [-0.1, -0.05) is 17.3 Å². The maximum Gasteiger partial charge on any atom is 0.359 e. The van der Waals surface area contributed by atoms with Crippen LogP contribution in [0.2, 0.25) is 0 Å². The zero-order valence-corrected chi connectivity index (χ0v) is 13.8. The second-order valence-electron chi connectivity index (χ2n) is 5.67. The first-order valence-corrected chi connectivity index (χ1v) is 7.85. The summed E-state index contributed by atoms with van der Waals surface area (Å²) in [4.78, 5) is 24.1. The van der Waals surface area contributed by atoms with Crippen LogP contribution in [0.5, 0.6) is 0 Å². The lowest BCUT2D eigenvalue weighted by Crippen LogP contribution is -2.14. The lowest BCUT2D eigenvalue weighted by atomic mass is 10.1. The molecular formula is C18H14N4O4. The van der Waals surface area contributed by atoms with E-state index in [-0.39, 0.29) is 18.0 Å². The van der Waals surface area contributed by atoms with Gasteiger partial charge in [0.15, 0.2) is 11.3 Å². The monoisotopic (exact) mass is 350 g/mol. The molecule has 0 bridgehead atoms. The number of aromatic amines is 1. The third-order valence-corrected chi connectivity index (χ3v) is 4.01. The number of amides is 1. The van der Waals surface area contributed by atoms with Gasteiger partial charge >= 0.3 is 5.97 Å². The smallest absolute Gasteiger partial charge is 0.359 e. The first-order valence-electron chi connectivity index (χ1n) is 7.85. The number of benzene rings is 2. The van der Waals surface area contributed by atoms with E-state index in [0.717, 1.165) is 5.39 Å². The number of nitrogens with zero attached hydrogens (tertiary/aromatic N) is 2. The van der Waals surface area contributed by atoms with E-state index in [1.54, 1.807) is 24.3 Å². The highest BCUT2D eigenvalue weighted by atomic mass is 16.5. The molecule has 2 aromatic heterocycles. The summed E-state index contributed by atoms with van der Waals surface area (Å²) >= 11 is 0. The molecule has 8 heteroatoms. The lowest BCUT2D eigenvalue weighted by Gasteiger charge is -2.04.